The average molecular weight is 341 g/mol. The molecule has 0 bridgehead atoms. The van der Waals surface area contributed by atoms with Crippen molar-refractivity contribution < 1.29 is 0 Å². The fourth-order valence-electron chi connectivity index (χ4n) is 2.03. The molecule has 0 radical (unpaired) electrons. The maximum Gasteiger partial charge on any atom is 0.349 e. The van der Waals surface area contributed by atoms with Crippen LogP contribution in [-0.2, 0) is 0 Å². The Morgan fingerprint density at radius 3 is 2.58 bits per heavy atom. The van der Waals surface area contributed by atoms with Crippen LogP contribution in [0.3, 0.4) is 0 Å². The first-order valence-corrected chi connectivity index (χ1v) is 6.84. The van der Waals surface area contributed by atoms with Crippen molar-refractivity contribution in [3.05, 3.63) is 65.9 Å². The van der Waals surface area contributed by atoms with Gasteiger partial charge in [0.1, 0.15) is 6.07 Å². The van der Waals surface area contributed by atoms with Gasteiger partial charge in [0, 0.05) is 5.56 Å². The molecule has 3 rings (SSSR count). The second kappa shape index (κ2) is 5.86. The van der Waals surface area contributed by atoms with Crippen LogP contribution in [0.1, 0.15) is 5.69 Å². The minimum atomic E-state index is -0.893. The van der Waals surface area contributed by atoms with E-state index in [1.165, 1.54) is 12.1 Å². The molecule has 24 heavy (non-hydrogen) atoms. The molecule has 0 amide bonds. The summed E-state index contributed by atoms with van der Waals surface area (Å²) in [5.74, 6) is 0. The largest absolute Gasteiger partial charge is 0.349 e. The van der Waals surface area contributed by atoms with Crippen molar-refractivity contribution in [3.8, 4) is 23.0 Å². The van der Waals surface area contributed by atoms with Crippen LogP contribution in [0.4, 0.5) is 0 Å². The first kappa shape index (κ1) is 15.3. The highest BCUT2D eigenvalue weighted by molar-refractivity contribution is 7.71. The van der Waals surface area contributed by atoms with Crippen LogP contribution in [0, 0.1) is 16.1 Å². The fourth-order valence-corrected chi connectivity index (χ4v) is 2.16. The lowest BCUT2D eigenvalue weighted by Gasteiger charge is -2.09. The molecule has 10 nitrogen and oxygen atoms in total. The molecule has 1 aromatic carbocycles. The van der Waals surface area contributed by atoms with E-state index in [9.17, 15) is 14.4 Å². The van der Waals surface area contributed by atoms with Gasteiger partial charge in [0.15, 0.2) is 10.5 Å². The summed E-state index contributed by atoms with van der Waals surface area (Å²) in [5, 5.41) is 19.0. The molecule has 0 spiro atoms. The molecule has 2 aromatic heterocycles. The lowest BCUT2D eigenvalue weighted by atomic mass is 10.1. The van der Waals surface area contributed by atoms with E-state index >= 15 is 0 Å². The van der Waals surface area contributed by atoms with Crippen LogP contribution in [0.25, 0.3) is 16.9 Å². The second-order valence-electron chi connectivity index (χ2n) is 4.50. The van der Waals surface area contributed by atoms with Crippen molar-refractivity contribution >= 4 is 12.2 Å². The molecule has 3 aromatic rings. The maximum atomic E-state index is 12.1. The molecule has 0 aliphatic heterocycles. The first-order valence-electron chi connectivity index (χ1n) is 6.44. The number of rotatable bonds is 2. The number of aromatic nitrogens is 6. The highest BCUT2D eigenvalue weighted by atomic mass is 32.1. The number of aromatic amines is 3. The Hall–Kier alpha value is -3.65. The number of para-hydroxylation sites is 1. The monoisotopic (exact) mass is 341 g/mol. The third-order valence-corrected chi connectivity index (χ3v) is 3.23. The zero-order valence-electron chi connectivity index (χ0n) is 11.7. The minimum absolute atomic E-state index is 0.0300. The zero-order valence-corrected chi connectivity index (χ0v) is 12.5. The molecule has 11 heteroatoms. The molecule has 0 fully saturated rings. The average Bonchev–Trinajstić information content (AvgIpc) is 2.55. The SMILES string of the molecule is N#Cc1nn(-c2ccccc2-c2n[nH]c(=S)[nH]c2=O)c(=O)[nH]c1=O. The van der Waals surface area contributed by atoms with Gasteiger partial charge in [0.25, 0.3) is 11.1 Å². The van der Waals surface area contributed by atoms with Crippen LogP contribution in [0.5, 0.6) is 0 Å². The Labute approximate surface area is 137 Å². The molecule has 0 aliphatic rings. The van der Waals surface area contributed by atoms with Gasteiger partial charge in [-0.2, -0.15) is 15.0 Å². The van der Waals surface area contributed by atoms with Crippen LogP contribution in [0.15, 0.2) is 38.6 Å². The molecular weight excluding hydrogens is 334 g/mol. The van der Waals surface area contributed by atoms with Crippen molar-refractivity contribution in [1.82, 2.24) is 29.9 Å². The lowest BCUT2D eigenvalue weighted by molar-refractivity contribution is 0.740. The number of benzene rings is 1. The van der Waals surface area contributed by atoms with Gasteiger partial charge in [-0.1, -0.05) is 18.2 Å². The van der Waals surface area contributed by atoms with Gasteiger partial charge in [-0.15, -0.1) is 5.10 Å². The van der Waals surface area contributed by atoms with Crippen molar-refractivity contribution in [1.29, 1.82) is 5.26 Å². The van der Waals surface area contributed by atoms with Gasteiger partial charge in [-0.05, 0) is 18.3 Å². The highest BCUT2D eigenvalue weighted by Crippen LogP contribution is 2.20. The van der Waals surface area contributed by atoms with Crippen LogP contribution >= 0.6 is 12.2 Å². The number of hydrogen-bond donors (Lipinski definition) is 3. The van der Waals surface area contributed by atoms with Gasteiger partial charge in [0.05, 0.1) is 5.69 Å². The van der Waals surface area contributed by atoms with Crippen molar-refractivity contribution in [2.75, 3.05) is 0 Å². The van der Waals surface area contributed by atoms with E-state index in [-0.39, 0.29) is 21.7 Å². The van der Waals surface area contributed by atoms with Crippen molar-refractivity contribution in [2.45, 2.75) is 0 Å². The van der Waals surface area contributed by atoms with Gasteiger partial charge in [-0.25, -0.2) is 4.79 Å². The molecule has 2 heterocycles. The zero-order chi connectivity index (χ0) is 17.3. The Bertz CT molecular complexity index is 1210. The Kier molecular flexibility index (Phi) is 3.72. The van der Waals surface area contributed by atoms with E-state index in [1.54, 1.807) is 18.2 Å². The standard InChI is InChI=1S/C13H7N7O3S/c14-5-7-10(21)16-13(23)20(19-7)8-4-2-1-3-6(8)9-11(22)15-12(24)18-17-9/h1-4H,(H,16,21,23)(H2,15,18,22,24). The van der Waals surface area contributed by atoms with E-state index in [4.69, 9.17) is 17.5 Å². The minimum Gasteiger partial charge on any atom is -0.296 e. The summed E-state index contributed by atoms with van der Waals surface area (Å²) >= 11 is 4.79. The number of nitrogens with zero attached hydrogens (tertiary/aromatic N) is 4. The summed E-state index contributed by atoms with van der Waals surface area (Å²) in [5.41, 5.74) is -2.41. The smallest absolute Gasteiger partial charge is 0.296 e. The van der Waals surface area contributed by atoms with Gasteiger partial charge in [0.2, 0.25) is 5.69 Å². The highest BCUT2D eigenvalue weighted by Gasteiger charge is 2.15. The number of nitriles is 1. The fraction of sp³-hybridized carbons (Fsp3) is 0. The molecule has 0 atom stereocenters. The summed E-state index contributed by atoms with van der Waals surface area (Å²) in [6, 6.07) is 7.85. The summed E-state index contributed by atoms with van der Waals surface area (Å²) in [7, 11) is 0. The second-order valence-corrected chi connectivity index (χ2v) is 4.91. The molecule has 0 unspecified atom stereocenters. The first-order chi connectivity index (χ1) is 11.5. The normalized spacial score (nSPS) is 10.3. The lowest BCUT2D eigenvalue weighted by Crippen LogP contribution is -2.33. The molecule has 0 aliphatic carbocycles. The number of nitrogens with one attached hydrogen (secondary N) is 3. The van der Waals surface area contributed by atoms with Gasteiger partial charge >= 0.3 is 5.69 Å². The molecule has 118 valence electrons. The van der Waals surface area contributed by atoms with Crippen molar-refractivity contribution in [2.24, 2.45) is 0 Å². The Morgan fingerprint density at radius 1 is 1.12 bits per heavy atom. The van der Waals surface area contributed by atoms with Gasteiger partial charge < -0.3 is 0 Å². The quantitative estimate of drug-likeness (QED) is 0.536. The Balaban J connectivity index is 2.35. The van der Waals surface area contributed by atoms with Crippen LogP contribution in [0.2, 0.25) is 0 Å². The summed E-state index contributed by atoms with van der Waals surface area (Å²) in [6.07, 6.45) is 0. The third kappa shape index (κ3) is 2.57. The number of H-pyrrole nitrogens is 3. The third-order valence-electron chi connectivity index (χ3n) is 3.03. The molecular formula is C13H7N7O3S. The Morgan fingerprint density at radius 2 is 1.88 bits per heavy atom. The topological polar surface area (TPSA) is 153 Å². The van der Waals surface area contributed by atoms with Crippen LogP contribution in [-0.4, -0.2) is 29.9 Å². The van der Waals surface area contributed by atoms with Gasteiger partial charge in [-0.3, -0.25) is 24.7 Å². The molecule has 0 saturated heterocycles. The van der Waals surface area contributed by atoms with E-state index in [0.717, 1.165) is 4.68 Å². The summed E-state index contributed by atoms with van der Waals surface area (Å²) in [4.78, 5) is 39.9. The van der Waals surface area contributed by atoms with Crippen LogP contribution < -0.4 is 16.8 Å². The maximum absolute atomic E-state index is 12.1. The van der Waals surface area contributed by atoms with Crippen molar-refractivity contribution in [3.63, 3.8) is 0 Å². The van der Waals surface area contributed by atoms with E-state index in [1.807, 2.05) is 4.98 Å². The molecule has 0 saturated carbocycles. The van der Waals surface area contributed by atoms with E-state index in [0.29, 0.717) is 0 Å². The summed E-state index contributed by atoms with van der Waals surface area (Å²) in [6.45, 7) is 0. The number of hydrogen-bond acceptors (Lipinski definition) is 7. The molecule has 3 N–H and O–H groups in total. The van der Waals surface area contributed by atoms with E-state index in [2.05, 4.69) is 20.3 Å². The predicted molar refractivity (Wildman–Crippen MR) is 84.2 cm³/mol. The van der Waals surface area contributed by atoms with E-state index < -0.39 is 22.5 Å². The summed E-state index contributed by atoms with van der Waals surface area (Å²) < 4.78 is 0.866. The predicted octanol–water partition coefficient (Wildman–Crippen LogP) is -0.400.